The van der Waals surface area contributed by atoms with Crippen LogP contribution in [0.2, 0.25) is 0 Å². The van der Waals surface area contributed by atoms with Crippen LogP contribution in [-0.4, -0.2) is 42.8 Å². The maximum Gasteiger partial charge on any atom is 0.511 e. The number of carboxylic acids is 1. The van der Waals surface area contributed by atoms with E-state index >= 15 is 0 Å². The molecule has 0 radical (unpaired) electrons. The van der Waals surface area contributed by atoms with E-state index in [9.17, 15) is 19.2 Å². The van der Waals surface area contributed by atoms with Crippen molar-refractivity contribution < 1.29 is 48.0 Å². The van der Waals surface area contributed by atoms with Crippen LogP contribution in [0.15, 0.2) is 60.7 Å². The van der Waals surface area contributed by atoms with Gasteiger partial charge in [0.05, 0.1) is 5.92 Å². The summed E-state index contributed by atoms with van der Waals surface area (Å²) in [7, 11) is 0. The van der Waals surface area contributed by atoms with E-state index in [0.717, 1.165) is 36.8 Å². The van der Waals surface area contributed by atoms with Gasteiger partial charge < -0.3 is 28.8 Å². The molecule has 0 aliphatic heterocycles. The standard InChI is InChI=1S/C29H36O10/c30-26(31)18-12-4-2-1-3-11-17-25(21-37-28(33)35-19-23-13-7-5-8-14-23)27(32)38-22-39-29(34)36-20-24-15-9-6-10-16-24/h5-10,13-16,25H,1-4,11-12,17-22H2,(H,30,31). The van der Waals surface area contributed by atoms with Gasteiger partial charge in [-0.05, 0) is 24.0 Å². The van der Waals surface area contributed by atoms with Crippen LogP contribution in [0.4, 0.5) is 9.59 Å². The van der Waals surface area contributed by atoms with Crippen LogP contribution in [0.5, 0.6) is 0 Å². The average Bonchev–Trinajstić information content (AvgIpc) is 2.94. The van der Waals surface area contributed by atoms with Crippen LogP contribution in [0.3, 0.4) is 0 Å². The minimum atomic E-state index is -0.980. The van der Waals surface area contributed by atoms with Crippen molar-refractivity contribution in [3.8, 4) is 0 Å². The van der Waals surface area contributed by atoms with Crippen LogP contribution >= 0.6 is 0 Å². The fourth-order valence-corrected chi connectivity index (χ4v) is 3.58. The maximum absolute atomic E-state index is 12.6. The number of benzene rings is 2. The highest BCUT2D eigenvalue weighted by atomic mass is 16.8. The Balaban J connectivity index is 1.73. The lowest BCUT2D eigenvalue weighted by Gasteiger charge is -2.16. The van der Waals surface area contributed by atoms with E-state index in [4.69, 9.17) is 28.8 Å². The molecule has 0 bridgehead atoms. The molecule has 0 spiro atoms. The maximum atomic E-state index is 12.6. The molecule has 2 aromatic carbocycles. The molecule has 10 nitrogen and oxygen atoms in total. The third-order valence-electron chi connectivity index (χ3n) is 5.71. The molecule has 1 atom stereocenters. The Morgan fingerprint density at radius 1 is 0.615 bits per heavy atom. The zero-order chi connectivity index (χ0) is 28.1. The molecular weight excluding hydrogens is 508 g/mol. The molecule has 10 heteroatoms. The monoisotopic (exact) mass is 544 g/mol. The van der Waals surface area contributed by atoms with Gasteiger partial charge in [-0.1, -0.05) is 92.8 Å². The van der Waals surface area contributed by atoms with Gasteiger partial charge in [0.2, 0.25) is 6.79 Å². The number of aliphatic carboxylic acids is 1. The van der Waals surface area contributed by atoms with Gasteiger partial charge in [0, 0.05) is 6.42 Å². The normalized spacial score (nSPS) is 11.2. The number of esters is 1. The van der Waals surface area contributed by atoms with Crippen molar-refractivity contribution >= 4 is 24.2 Å². The molecule has 0 saturated heterocycles. The summed E-state index contributed by atoms with van der Waals surface area (Å²) >= 11 is 0. The number of rotatable bonds is 18. The third kappa shape index (κ3) is 15.1. The van der Waals surface area contributed by atoms with Gasteiger partial charge in [0.15, 0.2) is 0 Å². The molecule has 1 N–H and O–H groups in total. The zero-order valence-electron chi connectivity index (χ0n) is 22.0. The first-order valence-corrected chi connectivity index (χ1v) is 13.0. The van der Waals surface area contributed by atoms with Gasteiger partial charge >= 0.3 is 24.2 Å². The van der Waals surface area contributed by atoms with Gasteiger partial charge in [-0.15, -0.1) is 0 Å². The van der Waals surface area contributed by atoms with E-state index in [-0.39, 0.29) is 26.2 Å². The Morgan fingerprint density at radius 2 is 1.13 bits per heavy atom. The largest absolute Gasteiger partial charge is 0.511 e. The number of carbonyl (C=O) groups excluding carboxylic acids is 3. The number of hydrogen-bond donors (Lipinski definition) is 1. The first-order valence-electron chi connectivity index (χ1n) is 13.0. The Kier molecular flexibility index (Phi) is 15.2. The molecule has 2 aromatic rings. The van der Waals surface area contributed by atoms with E-state index in [0.29, 0.717) is 19.3 Å². The van der Waals surface area contributed by atoms with Gasteiger partial charge in [0.25, 0.3) is 0 Å². The highest BCUT2D eigenvalue weighted by Crippen LogP contribution is 2.16. The SMILES string of the molecule is O=C(O)CCCCCCCCC(COC(=O)OCc1ccccc1)C(=O)OCOC(=O)OCc1ccccc1. The molecule has 0 aliphatic rings. The lowest BCUT2D eigenvalue weighted by Crippen LogP contribution is -2.26. The summed E-state index contributed by atoms with van der Waals surface area (Å²) in [6.45, 7) is -0.824. The number of unbranched alkanes of at least 4 members (excludes halogenated alkanes) is 5. The van der Waals surface area contributed by atoms with Gasteiger partial charge in [0.1, 0.15) is 19.8 Å². The summed E-state index contributed by atoms with van der Waals surface area (Å²) < 4.78 is 25.1. The topological polar surface area (TPSA) is 135 Å². The highest BCUT2D eigenvalue weighted by Gasteiger charge is 2.23. The number of ether oxygens (including phenoxy) is 5. The Bertz CT molecular complexity index is 994. The van der Waals surface area contributed by atoms with Crippen LogP contribution in [0.25, 0.3) is 0 Å². The van der Waals surface area contributed by atoms with Gasteiger partial charge in [-0.2, -0.15) is 0 Å². The van der Waals surface area contributed by atoms with Crippen molar-refractivity contribution in [2.45, 2.75) is 64.6 Å². The number of carboxylic acid groups (broad SMARTS) is 1. The van der Waals surface area contributed by atoms with Crippen molar-refractivity contribution in [1.82, 2.24) is 0 Å². The van der Waals surface area contributed by atoms with Crippen molar-refractivity contribution in [1.29, 1.82) is 0 Å². The second-order valence-electron chi connectivity index (χ2n) is 8.84. The quantitative estimate of drug-likeness (QED) is 0.103. The Labute approximate surface area is 228 Å². The number of hydrogen-bond acceptors (Lipinski definition) is 9. The molecule has 0 aliphatic carbocycles. The molecule has 39 heavy (non-hydrogen) atoms. The highest BCUT2D eigenvalue weighted by molar-refractivity contribution is 5.73. The van der Waals surface area contributed by atoms with Crippen molar-refractivity contribution in [3.63, 3.8) is 0 Å². The van der Waals surface area contributed by atoms with E-state index in [1.807, 2.05) is 36.4 Å². The van der Waals surface area contributed by atoms with Crippen LogP contribution in [0, 0.1) is 5.92 Å². The first-order chi connectivity index (χ1) is 18.9. The van der Waals surface area contributed by atoms with Crippen LogP contribution in [0.1, 0.15) is 62.5 Å². The molecule has 0 amide bonds. The molecule has 0 saturated carbocycles. The van der Waals surface area contributed by atoms with Crippen LogP contribution in [-0.2, 0) is 46.5 Å². The second kappa shape index (κ2) is 19.1. The second-order valence-corrected chi connectivity index (χ2v) is 8.84. The molecule has 212 valence electrons. The van der Waals surface area contributed by atoms with E-state index in [1.165, 1.54) is 0 Å². The average molecular weight is 545 g/mol. The van der Waals surface area contributed by atoms with Crippen molar-refractivity contribution in [2.24, 2.45) is 5.92 Å². The predicted molar refractivity (Wildman–Crippen MR) is 139 cm³/mol. The smallest absolute Gasteiger partial charge is 0.481 e. The number of carbonyl (C=O) groups is 4. The Morgan fingerprint density at radius 3 is 1.69 bits per heavy atom. The first kappa shape index (κ1) is 31.1. The summed E-state index contributed by atoms with van der Waals surface area (Å²) in [4.78, 5) is 47.0. The fourth-order valence-electron chi connectivity index (χ4n) is 3.58. The minimum Gasteiger partial charge on any atom is -0.481 e. The Hall–Kier alpha value is -4.08. The van der Waals surface area contributed by atoms with Crippen molar-refractivity contribution in [2.75, 3.05) is 13.4 Å². The lowest BCUT2D eigenvalue weighted by molar-refractivity contribution is -0.160. The summed E-state index contributed by atoms with van der Waals surface area (Å²) in [5, 5.41) is 8.69. The molecule has 2 rings (SSSR count). The summed E-state index contributed by atoms with van der Waals surface area (Å²) in [6, 6.07) is 18.1. The van der Waals surface area contributed by atoms with E-state index in [1.54, 1.807) is 24.3 Å². The summed E-state index contributed by atoms with van der Waals surface area (Å²) in [5.74, 6) is -2.25. The molecule has 0 heterocycles. The fraction of sp³-hybridized carbons (Fsp3) is 0.448. The van der Waals surface area contributed by atoms with Crippen LogP contribution < -0.4 is 0 Å². The summed E-state index contributed by atoms with van der Waals surface area (Å²) in [6.07, 6.45) is 3.39. The van der Waals surface area contributed by atoms with Gasteiger partial charge in [-0.3, -0.25) is 9.59 Å². The lowest BCUT2D eigenvalue weighted by atomic mass is 10.0. The minimum absolute atomic E-state index is 0.0193. The molecule has 1 unspecified atom stereocenters. The third-order valence-corrected chi connectivity index (χ3v) is 5.71. The van der Waals surface area contributed by atoms with E-state index in [2.05, 4.69) is 0 Å². The molecular formula is C29H36O10. The molecule has 0 aromatic heterocycles. The molecule has 0 fully saturated rings. The predicted octanol–water partition coefficient (Wildman–Crippen LogP) is 6.02. The van der Waals surface area contributed by atoms with Crippen molar-refractivity contribution in [3.05, 3.63) is 71.8 Å². The van der Waals surface area contributed by atoms with Gasteiger partial charge in [-0.25, -0.2) is 9.59 Å². The summed E-state index contributed by atoms with van der Waals surface area (Å²) in [5.41, 5.74) is 1.58. The zero-order valence-corrected chi connectivity index (χ0v) is 22.0. The van der Waals surface area contributed by atoms with E-state index < -0.39 is 37.0 Å².